The molecule has 1 N–H and O–H groups in total. The molecule has 5 aromatic carbocycles. The summed E-state index contributed by atoms with van der Waals surface area (Å²) in [6.07, 6.45) is -0.477. The number of para-hydroxylation sites is 1. The number of hydrogen-bond donors (Lipinski definition) is 1. The Bertz CT molecular complexity index is 2530. The van der Waals surface area contributed by atoms with Crippen LogP contribution in [0.1, 0.15) is 40.2 Å². The number of nitrogens with one attached hydrogen (secondary N) is 1. The summed E-state index contributed by atoms with van der Waals surface area (Å²) in [7, 11) is 0. The molecule has 5 aromatic rings. The van der Waals surface area contributed by atoms with E-state index in [1.807, 2.05) is 24.3 Å². The molecule has 2 fully saturated rings. The number of fused-ring (bicyclic) bond motifs is 5. The van der Waals surface area contributed by atoms with E-state index in [4.69, 9.17) is 23.7 Å². The number of halogens is 2. The molecule has 12 nitrogen and oxygen atoms in total. The second kappa shape index (κ2) is 14.9. The van der Waals surface area contributed by atoms with Crippen LogP contribution in [0.2, 0.25) is 0 Å². The molecule has 0 aromatic heterocycles. The minimum atomic E-state index is -1.85. The third-order valence-electron chi connectivity index (χ3n) is 11.4. The summed E-state index contributed by atoms with van der Waals surface area (Å²) in [6, 6.07) is 27.3. The molecule has 3 aliphatic rings. The first-order valence-corrected chi connectivity index (χ1v) is 20.9. The van der Waals surface area contributed by atoms with Crippen LogP contribution in [0.4, 0.5) is 4.79 Å². The molecule has 3 amide bonds. The molecule has 0 saturated carbocycles. The number of esters is 2. The van der Waals surface area contributed by atoms with Crippen molar-refractivity contribution in [2.24, 2.45) is 11.8 Å². The number of alkyl halides is 2. The zero-order valence-electron chi connectivity index (χ0n) is 33.0. The quantitative estimate of drug-likeness (QED) is 0.0410. The standard InChI is InChI=1S/C45H42Br2N2O10/c1-25(57-41(54)48-23-29-17-16-28-15-14-26-10-9-11-27-18-19-31(29)34(28)33(26)27)45-32(58-30-12-7-6-8-13-30)22-44(59-45,24-56-40(53)43(4,5)47)35-36(45)38(51)49(37(35)50)20-21-55-39(52)42(2,3)46/h6-19,22,25,35-36H,20-21,23-24H2,1-5H3,(H,48,54). The van der Waals surface area contributed by atoms with Crippen LogP contribution in [-0.4, -0.2) is 80.5 Å². The predicted octanol–water partition coefficient (Wildman–Crippen LogP) is 7.72. The molecular formula is C45H42Br2N2O10. The number of amides is 3. The Hall–Kier alpha value is -5.05. The number of imide groups is 1. The number of rotatable bonds is 13. The number of likely N-dealkylation sites (tertiary alicyclic amines) is 1. The maximum Gasteiger partial charge on any atom is 0.407 e. The number of carbonyl (C=O) groups excluding carboxylic acids is 5. The van der Waals surface area contributed by atoms with Crippen LogP contribution in [0.5, 0.6) is 5.75 Å². The van der Waals surface area contributed by atoms with Gasteiger partial charge in [-0.05, 0) is 90.7 Å². The van der Waals surface area contributed by atoms with Crippen LogP contribution in [0, 0.1) is 11.8 Å². The van der Waals surface area contributed by atoms with E-state index in [9.17, 15) is 24.0 Å². The highest BCUT2D eigenvalue weighted by molar-refractivity contribution is 9.10. The Morgan fingerprint density at radius 2 is 1.41 bits per heavy atom. The van der Waals surface area contributed by atoms with Crippen molar-refractivity contribution < 1.29 is 47.7 Å². The van der Waals surface area contributed by atoms with E-state index in [-0.39, 0.29) is 25.5 Å². The molecule has 5 unspecified atom stereocenters. The van der Waals surface area contributed by atoms with Crippen molar-refractivity contribution in [1.29, 1.82) is 0 Å². The first-order chi connectivity index (χ1) is 27.9. The van der Waals surface area contributed by atoms with Crippen LogP contribution in [0.3, 0.4) is 0 Å². The Balaban J connectivity index is 1.11. The van der Waals surface area contributed by atoms with E-state index >= 15 is 0 Å². The first kappa shape index (κ1) is 40.7. The number of carbonyl (C=O) groups is 5. The van der Waals surface area contributed by atoms with Gasteiger partial charge >= 0.3 is 18.0 Å². The molecule has 3 heterocycles. The third kappa shape index (κ3) is 7.02. The first-order valence-electron chi connectivity index (χ1n) is 19.3. The molecule has 3 aliphatic heterocycles. The second-order valence-corrected chi connectivity index (χ2v) is 20.2. The zero-order chi connectivity index (χ0) is 42.1. The number of ether oxygens (including phenoxy) is 5. The lowest BCUT2D eigenvalue weighted by Crippen LogP contribution is -2.54. The van der Waals surface area contributed by atoms with Gasteiger partial charge in [-0.1, -0.05) is 105 Å². The van der Waals surface area contributed by atoms with Gasteiger partial charge in [0.05, 0.1) is 18.4 Å². The number of alkyl carbamates (subject to hydrolysis) is 1. The molecule has 2 saturated heterocycles. The van der Waals surface area contributed by atoms with Crippen molar-refractivity contribution in [2.45, 2.75) is 67.1 Å². The Morgan fingerprint density at radius 1 is 0.797 bits per heavy atom. The maximum absolute atomic E-state index is 14.6. The van der Waals surface area contributed by atoms with Gasteiger partial charge < -0.3 is 29.0 Å². The fourth-order valence-corrected chi connectivity index (χ4v) is 8.78. The summed E-state index contributed by atoms with van der Waals surface area (Å²) in [4.78, 5) is 69.5. The van der Waals surface area contributed by atoms with Crippen LogP contribution in [0.25, 0.3) is 32.3 Å². The van der Waals surface area contributed by atoms with Gasteiger partial charge in [-0.25, -0.2) is 4.79 Å². The number of nitrogens with zero attached hydrogens (tertiary/aromatic N) is 1. The van der Waals surface area contributed by atoms with Gasteiger partial charge in [0.25, 0.3) is 0 Å². The van der Waals surface area contributed by atoms with Crippen molar-refractivity contribution in [3.05, 3.63) is 102 Å². The third-order valence-corrected chi connectivity index (χ3v) is 12.0. The summed E-state index contributed by atoms with van der Waals surface area (Å²) in [5.74, 6) is -4.46. The Labute approximate surface area is 357 Å². The van der Waals surface area contributed by atoms with E-state index in [0.717, 1.165) is 42.8 Å². The van der Waals surface area contributed by atoms with Crippen LogP contribution in [-0.2, 0) is 44.7 Å². The fourth-order valence-electron chi connectivity index (χ4n) is 8.55. The monoisotopic (exact) mass is 928 g/mol. The lowest BCUT2D eigenvalue weighted by Gasteiger charge is -2.37. The second-order valence-electron chi connectivity index (χ2n) is 16.2. The van der Waals surface area contributed by atoms with Crippen molar-refractivity contribution >= 4 is 94.0 Å². The lowest BCUT2D eigenvalue weighted by molar-refractivity contribution is -0.172. The molecule has 2 bridgehead atoms. The smallest absolute Gasteiger partial charge is 0.407 e. The zero-order valence-corrected chi connectivity index (χ0v) is 36.2. The van der Waals surface area contributed by atoms with E-state index < -0.39 is 74.2 Å². The van der Waals surface area contributed by atoms with Crippen molar-refractivity contribution in [1.82, 2.24) is 10.2 Å². The fraction of sp³-hybridized carbons (Fsp3) is 0.356. The molecule has 0 radical (unpaired) electrons. The Morgan fingerprint density at radius 3 is 2.08 bits per heavy atom. The number of benzene rings is 5. The van der Waals surface area contributed by atoms with Crippen molar-refractivity contribution in [3.63, 3.8) is 0 Å². The van der Waals surface area contributed by atoms with E-state index in [1.165, 1.54) is 0 Å². The topological polar surface area (TPSA) is 147 Å². The van der Waals surface area contributed by atoms with Crippen LogP contribution in [0.15, 0.2) is 96.8 Å². The normalized spacial score (nSPS) is 23.1. The van der Waals surface area contributed by atoms with E-state index in [1.54, 1.807) is 65.0 Å². The van der Waals surface area contributed by atoms with Gasteiger partial charge in [0, 0.05) is 6.54 Å². The highest BCUT2D eigenvalue weighted by Gasteiger charge is 2.79. The van der Waals surface area contributed by atoms with Gasteiger partial charge in [-0.3, -0.25) is 24.1 Å². The SMILES string of the molecule is CC(OC(=O)NCc1ccc2ccc3cccc4ccc1c2c34)C12OC(COC(=O)C(C)(C)Br)(C=C1Oc1ccccc1)C1C(=O)N(CCOC(=O)C(C)(C)Br)C(=O)C12. The Kier molecular flexibility index (Phi) is 10.3. The summed E-state index contributed by atoms with van der Waals surface area (Å²) < 4.78 is 28.5. The molecule has 306 valence electrons. The highest BCUT2D eigenvalue weighted by Crippen LogP contribution is 2.62. The highest BCUT2D eigenvalue weighted by atomic mass is 79.9. The number of hydrogen-bond acceptors (Lipinski definition) is 10. The van der Waals surface area contributed by atoms with E-state index in [2.05, 4.69) is 73.6 Å². The van der Waals surface area contributed by atoms with Gasteiger partial charge in [-0.15, -0.1) is 0 Å². The molecule has 0 aliphatic carbocycles. The minimum absolute atomic E-state index is 0.113. The van der Waals surface area contributed by atoms with Gasteiger partial charge in [0.2, 0.25) is 11.8 Å². The van der Waals surface area contributed by atoms with Crippen LogP contribution < -0.4 is 10.1 Å². The van der Waals surface area contributed by atoms with Crippen molar-refractivity contribution in [2.75, 3.05) is 19.8 Å². The molecule has 8 rings (SSSR count). The lowest BCUT2D eigenvalue weighted by atomic mass is 9.69. The average molecular weight is 931 g/mol. The summed E-state index contributed by atoms with van der Waals surface area (Å²) in [5, 5.41) is 9.45. The van der Waals surface area contributed by atoms with Gasteiger partial charge in [0.15, 0.2) is 5.60 Å². The predicted molar refractivity (Wildman–Crippen MR) is 226 cm³/mol. The summed E-state index contributed by atoms with van der Waals surface area (Å²) in [5.41, 5.74) is -2.68. The average Bonchev–Trinajstić information content (AvgIpc) is 3.78. The van der Waals surface area contributed by atoms with Gasteiger partial charge in [-0.2, -0.15) is 0 Å². The van der Waals surface area contributed by atoms with E-state index in [0.29, 0.717) is 5.75 Å². The molecule has 59 heavy (non-hydrogen) atoms. The maximum atomic E-state index is 14.6. The van der Waals surface area contributed by atoms with Crippen molar-refractivity contribution in [3.8, 4) is 5.75 Å². The molecule has 14 heteroatoms. The minimum Gasteiger partial charge on any atom is -0.463 e. The van der Waals surface area contributed by atoms with Gasteiger partial charge in [0.1, 0.15) is 45.1 Å². The largest absolute Gasteiger partial charge is 0.463 e. The summed E-state index contributed by atoms with van der Waals surface area (Å²) in [6.45, 7) is 7.19. The molecular weight excluding hydrogens is 888 g/mol. The summed E-state index contributed by atoms with van der Waals surface area (Å²) >= 11 is 6.60. The van der Waals surface area contributed by atoms with Crippen LogP contribution >= 0.6 is 31.9 Å². The molecule has 0 spiro atoms. The molecule has 5 atom stereocenters.